The Morgan fingerprint density at radius 3 is 2.55 bits per heavy atom. The molecule has 1 fully saturated rings. The van der Waals surface area contributed by atoms with Crippen LogP contribution in [0, 0.1) is 11.7 Å². The number of halogens is 1. The van der Waals surface area contributed by atoms with Gasteiger partial charge in [-0.05, 0) is 49.4 Å². The number of Topliss-reactive ketones (excluding diaryl/α,β-unsaturated/α-hetero) is 1. The summed E-state index contributed by atoms with van der Waals surface area (Å²) in [6.45, 7) is 3.31. The Hall–Kier alpha value is -3.57. The molecule has 4 rings (SSSR count). The van der Waals surface area contributed by atoms with Crippen molar-refractivity contribution in [1.82, 2.24) is 14.9 Å². The van der Waals surface area contributed by atoms with Gasteiger partial charge < -0.3 is 15.1 Å². The van der Waals surface area contributed by atoms with Crippen molar-refractivity contribution in [3.63, 3.8) is 0 Å². The number of para-hydroxylation sites is 1. The van der Waals surface area contributed by atoms with E-state index < -0.39 is 57.0 Å². The Bertz CT molecular complexity index is 1420. The van der Waals surface area contributed by atoms with Crippen LogP contribution in [0.4, 0.5) is 4.39 Å². The molecule has 9 nitrogen and oxygen atoms in total. The molecule has 2 N–H and O–H groups in total. The van der Waals surface area contributed by atoms with Crippen molar-refractivity contribution >= 4 is 38.6 Å². The van der Waals surface area contributed by atoms with Gasteiger partial charge in [0.15, 0.2) is 11.5 Å². The Morgan fingerprint density at radius 1 is 1.13 bits per heavy atom. The molecule has 11 heteroatoms. The Balaban J connectivity index is 1.45. The van der Waals surface area contributed by atoms with E-state index in [1.54, 1.807) is 24.3 Å². The number of nitrogens with one attached hydrogen (secondary N) is 2. The van der Waals surface area contributed by atoms with Crippen molar-refractivity contribution in [2.45, 2.75) is 50.1 Å². The molecule has 0 radical (unpaired) electrons. The zero-order valence-corrected chi connectivity index (χ0v) is 22.0. The highest BCUT2D eigenvalue weighted by Gasteiger charge is 2.35. The summed E-state index contributed by atoms with van der Waals surface area (Å²) in [6, 6.07) is 11.8. The first kappa shape index (κ1) is 27.5. The van der Waals surface area contributed by atoms with Crippen LogP contribution in [0.2, 0.25) is 0 Å². The number of hydrogen-bond donors (Lipinski definition) is 2. The molecule has 2 atom stereocenters. The van der Waals surface area contributed by atoms with E-state index in [9.17, 15) is 27.2 Å². The van der Waals surface area contributed by atoms with E-state index in [1.807, 2.05) is 19.9 Å². The molecule has 1 aliphatic heterocycles. The van der Waals surface area contributed by atoms with E-state index in [0.717, 1.165) is 21.8 Å². The predicted molar refractivity (Wildman–Crippen MR) is 138 cm³/mol. The van der Waals surface area contributed by atoms with Crippen molar-refractivity contribution < 1.29 is 31.6 Å². The largest absolute Gasteiger partial charge is 0.451 e. The summed E-state index contributed by atoms with van der Waals surface area (Å²) >= 11 is 0. The molecule has 2 aromatic carbocycles. The molecule has 2 amide bonds. The molecular formula is C27H30FN3O6S. The maximum Gasteiger partial charge on any atom is 0.287 e. The highest BCUT2D eigenvalue weighted by molar-refractivity contribution is 7.89. The SMILES string of the molecule is CC(C)CC(NC(=O)c1cc2ccccc2o1)C(=O)NC1CCCN(S(=O)(=O)c2ccccc2F)CC1=O. The van der Waals surface area contributed by atoms with Gasteiger partial charge in [-0.2, -0.15) is 4.31 Å². The molecule has 3 aromatic rings. The number of nitrogens with zero attached hydrogens (tertiary/aromatic N) is 1. The van der Waals surface area contributed by atoms with Crippen LogP contribution in [0.1, 0.15) is 43.7 Å². The number of amides is 2. The number of furan rings is 1. The number of carbonyl (C=O) groups excluding carboxylic acids is 3. The molecule has 2 unspecified atom stereocenters. The standard InChI is InChI=1S/C27H30FN3O6S/c1-17(2)14-21(30-27(34)24-15-18-8-3-5-11-23(18)37-24)26(33)29-20-10-7-13-31(16-22(20)32)38(35,36)25-12-6-4-9-19(25)28/h3-6,8-9,11-12,15,17,20-21H,7,10,13-14,16H2,1-2H3,(H,29,33)(H,30,34). The van der Waals surface area contributed by atoms with E-state index in [1.165, 1.54) is 12.1 Å². The third kappa shape index (κ3) is 6.11. The molecule has 0 bridgehead atoms. The number of benzene rings is 2. The number of carbonyl (C=O) groups is 3. The zero-order chi connectivity index (χ0) is 27.4. The Morgan fingerprint density at radius 2 is 1.84 bits per heavy atom. The van der Waals surface area contributed by atoms with Crippen molar-refractivity contribution in [2.75, 3.05) is 13.1 Å². The minimum absolute atomic E-state index is 0.00693. The summed E-state index contributed by atoms with van der Waals surface area (Å²) in [5.41, 5.74) is 0.543. The molecule has 0 aliphatic carbocycles. The van der Waals surface area contributed by atoms with Crippen LogP contribution in [-0.4, -0.2) is 55.5 Å². The van der Waals surface area contributed by atoms with E-state index in [2.05, 4.69) is 10.6 Å². The maximum atomic E-state index is 14.2. The zero-order valence-electron chi connectivity index (χ0n) is 21.1. The Kier molecular flexibility index (Phi) is 8.27. The summed E-state index contributed by atoms with van der Waals surface area (Å²) < 4.78 is 46.7. The van der Waals surface area contributed by atoms with Crippen molar-refractivity contribution in [1.29, 1.82) is 0 Å². The fraction of sp³-hybridized carbons (Fsp3) is 0.370. The second-order valence-electron chi connectivity index (χ2n) is 9.74. The second-order valence-corrected chi connectivity index (χ2v) is 11.6. The first-order valence-corrected chi connectivity index (χ1v) is 13.9. The second kappa shape index (κ2) is 11.4. The van der Waals surface area contributed by atoms with E-state index >= 15 is 0 Å². The van der Waals surface area contributed by atoms with Gasteiger partial charge in [0.2, 0.25) is 15.9 Å². The molecule has 0 saturated carbocycles. The topological polar surface area (TPSA) is 126 Å². The number of sulfonamides is 1. The molecule has 202 valence electrons. The summed E-state index contributed by atoms with van der Waals surface area (Å²) in [5.74, 6) is -2.41. The lowest BCUT2D eigenvalue weighted by molar-refractivity contribution is -0.129. The number of hydrogen-bond acceptors (Lipinski definition) is 6. The summed E-state index contributed by atoms with van der Waals surface area (Å²) in [6.07, 6.45) is 0.802. The smallest absolute Gasteiger partial charge is 0.287 e. The summed E-state index contributed by atoms with van der Waals surface area (Å²) in [4.78, 5) is 38.6. The number of fused-ring (bicyclic) bond motifs is 1. The first-order valence-electron chi connectivity index (χ1n) is 12.4. The van der Waals surface area contributed by atoms with Gasteiger partial charge in [0.05, 0.1) is 12.6 Å². The average molecular weight is 544 g/mol. The molecule has 38 heavy (non-hydrogen) atoms. The predicted octanol–water partition coefficient (Wildman–Crippen LogP) is 3.26. The van der Waals surface area contributed by atoms with Gasteiger partial charge >= 0.3 is 0 Å². The van der Waals surface area contributed by atoms with Crippen molar-refractivity contribution in [3.05, 3.63) is 66.2 Å². The van der Waals surface area contributed by atoms with Crippen molar-refractivity contribution in [2.24, 2.45) is 5.92 Å². The maximum absolute atomic E-state index is 14.2. The lowest BCUT2D eigenvalue weighted by Gasteiger charge is -2.23. The lowest BCUT2D eigenvalue weighted by atomic mass is 10.0. The van der Waals surface area contributed by atoms with Gasteiger partial charge in [-0.25, -0.2) is 12.8 Å². The quantitative estimate of drug-likeness (QED) is 0.449. The van der Waals surface area contributed by atoms with Gasteiger partial charge in [-0.15, -0.1) is 0 Å². The third-order valence-electron chi connectivity index (χ3n) is 6.37. The fourth-order valence-corrected chi connectivity index (χ4v) is 5.95. The third-order valence-corrected chi connectivity index (χ3v) is 8.25. The molecule has 1 saturated heterocycles. The summed E-state index contributed by atoms with van der Waals surface area (Å²) in [7, 11) is -4.23. The van der Waals surface area contributed by atoms with Gasteiger partial charge in [0.25, 0.3) is 5.91 Å². The average Bonchev–Trinajstić information content (AvgIpc) is 3.22. The van der Waals surface area contributed by atoms with Crippen LogP contribution in [0.15, 0.2) is 63.9 Å². The monoisotopic (exact) mass is 543 g/mol. The van der Waals surface area contributed by atoms with Crippen LogP contribution in [0.25, 0.3) is 11.0 Å². The van der Waals surface area contributed by atoms with Crippen LogP contribution < -0.4 is 10.6 Å². The highest BCUT2D eigenvalue weighted by Crippen LogP contribution is 2.22. The highest BCUT2D eigenvalue weighted by atomic mass is 32.2. The van der Waals surface area contributed by atoms with Crippen LogP contribution >= 0.6 is 0 Å². The first-order chi connectivity index (χ1) is 18.1. The van der Waals surface area contributed by atoms with Gasteiger partial charge in [-0.3, -0.25) is 14.4 Å². The Labute approximate surface area is 220 Å². The molecule has 1 aliphatic rings. The van der Waals surface area contributed by atoms with Crippen molar-refractivity contribution in [3.8, 4) is 0 Å². The minimum atomic E-state index is -4.23. The van der Waals surface area contributed by atoms with Gasteiger partial charge in [0, 0.05) is 11.9 Å². The molecule has 1 aromatic heterocycles. The van der Waals surface area contributed by atoms with Gasteiger partial charge in [0.1, 0.15) is 22.3 Å². The van der Waals surface area contributed by atoms with Crippen LogP contribution in [0.5, 0.6) is 0 Å². The molecular weight excluding hydrogens is 513 g/mol. The number of ketones is 1. The summed E-state index contributed by atoms with van der Waals surface area (Å²) in [5, 5.41) is 6.14. The molecule has 2 heterocycles. The minimum Gasteiger partial charge on any atom is -0.451 e. The van der Waals surface area contributed by atoms with Gasteiger partial charge in [-0.1, -0.05) is 44.2 Å². The number of rotatable bonds is 8. The van der Waals surface area contributed by atoms with E-state index in [-0.39, 0.29) is 31.1 Å². The fourth-order valence-electron chi connectivity index (χ4n) is 4.45. The van der Waals surface area contributed by atoms with Crippen LogP contribution in [0.3, 0.4) is 0 Å². The van der Waals surface area contributed by atoms with E-state index in [0.29, 0.717) is 12.0 Å². The van der Waals surface area contributed by atoms with E-state index in [4.69, 9.17) is 4.42 Å². The molecule has 0 spiro atoms. The van der Waals surface area contributed by atoms with Crippen LogP contribution in [-0.2, 0) is 19.6 Å². The lowest BCUT2D eigenvalue weighted by Crippen LogP contribution is -2.52. The normalized spacial score (nSPS) is 17.8.